The van der Waals surface area contributed by atoms with Crippen molar-refractivity contribution in [2.24, 2.45) is 5.73 Å². The van der Waals surface area contributed by atoms with Gasteiger partial charge in [-0.15, -0.1) is 0 Å². The summed E-state index contributed by atoms with van der Waals surface area (Å²) in [4.78, 5) is 10.4. The molecule has 1 aromatic carbocycles. The lowest BCUT2D eigenvalue weighted by Gasteiger charge is -2.06. The molecule has 0 aliphatic heterocycles. The highest BCUT2D eigenvalue weighted by molar-refractivity contribution is 5.72. The van der Waals surface area contributed by atoms with E-state index in [9.17, 15) is 9.18 Å². The molecule has 0 aromatic heterocycles. The number of halogens is 1. The molecule has 1 unspecified atom stereocenters. The summed E-state index contributed by atoms with van der Waals surface area (Å²) in [5.74, 6) is -1.09. The van der Waals surface area contributed by atoms with Gasteiger partial charge >= 0.3 is 5.97 Å². The zero-order valence-corrected chi connectivity index (χ0v) is 9.42. The molecule has 4 heteroatoms. The van der Waals surface area contributed by atoms with Gasteiger partial charge in [0, 0.05) is 0 Å². The summed E-state index contributed by atoms with van der Waals surface area (Å²) in [6.45, 7) is 0. The van der Waals surface area contributed by atoms with Crippen LogP contribution in [-0.2, 0) is 4.79 Å². The fourth-order valence-corrected chi connectivity index (χ4v) is 1.34. The van der Waals surface area contributed by atoms with Crippen molar-refractivity contribution in [3.05, 3.63) is 42.0 Å². The second kappa shape index (κ2) is 6.81. The smallest absolute Gasteiger partial charge is 0.320 e. The first kappa shape index (κ1) is 13.4. The van der Waals surface area contributed by atoms with E-state index < -0.39 is 18.2 Å². The monoisotopic (exact) mass is 237 g/mol. The van der Waals surface area contributed by atoms with Crippen LogP contribution in [0.1, 0.15) is 18.4 Å². The quantitative estimate of drug-likeness (QED) is 0.797. The topological polar surface area (TPSA) is 63.3 Å². The van der Waals surface area contributed by atoms with Crippen LogP contribution in [0.15, 0.2) is 36.4 Å². The summed E-state index contributed by atoms with van der Waals surface area (Å²) in [5, 5.41) is 8.54. The number of alkyl halides is 1. The highest BCUT2D eigenvalue weighted by Crippen LogP contribution is 2.09. The van der Waals surface area contributed by atoms with Crippen LogP contribution < -0.4 is 5.73 Å². The van der Waals surface area contributed by atoms with Crippen molar-refractivity contribution in [2.75, 3.05) is 0 Å². The Hall–Kier alpha value is -1.68. The molecule has 92 valence electrons. The third-order valence-electron chi connectivity index (χ3n) is 2.37. The predicted octanol–water partition coefficient (Wildman–Crippen LogP) is 2.23. The second-order valence-electron chi connectivity index (χ2n) is 3.81. The van der Waals surface area contributed by atoms with E-state index >= 15 is 0 Å². The molecule has 3 nitrogen and oxygen atoms in total. The van der Waals surface area contributed by atoms with Crippen molar-refractivity contribution < 1.29 is 14.3 Å². The van der Waals surface area contributed by atoms with Crippen molar-refractivity contribution in [2.45, 2.75) is 25.1 Å². The van der Waals surface area contributed by atoms with Crippen LogP contribution >= 0.6 is 0 Å². The van der Waals surface area contributed by atoms with E-state index in [1.54, 1.807) is 6.08 Å². The number of aliphatic carboxylic acids is 1. The first-order valence-electron chi connectivity index (χ1n) is 5.45. The molecule has 17 heavy (non-hydrogen) atoms. The van der Waals surface area contributed by atoms with Gasteiger partial charge in [0.05, 0.1) is 0 Å². The van der Waals surface area contributed by atoms with Gasteiger partial charge in [0.1, 0.15) is 12.2 Å². The standard InChI is InChI=1S/C13H16FNO2/c14-11(8-9-12(15)13(16)17)7-6-10-4-2-1-3-5-10/h1-7,11-12H,8-9,15H2,(H,16,17)/b7-6+/t11?,12-/m1/s1. The van der Waals surface area contributed by atoms with Crippen LogP contribution in [0.25, 0.3) is 6.08 Å². The van der Waals surface area contributed by atoms with Crippen molar-refractivity contribution in [3.63, 3.8) is 0 Å². The highest BCUT2D eigenvalue weighted by Gasteiger charge is 2.13. The van der Waals surface area contributed by atoms with Gasteiger partial charge in [-0.05, 0) is 18.4 Å². The molecule has 0 saturated heterocycles. The van der Waals surface area contributed by atoms with E-state index in [2.05, 4.69) is 0 Å². The lowest BCUT2D eigenvalue weighted by atomic mass is 10.1. The van der Waals surface area contributed by atoms with Gasteiger partial charge in [0.15, 0.2) is 0 Å². The van der Waals surface area contributed by atoms with Gasteiger partial charge in [-0.25, -0.2) is 4.39 Å². The largest absolute Gasteiger partial charge is 0.480 e. The number of hydrogen-bond donors (Lipinski definition) is 2. The molecule has 0 aliphatic carbocycles. The molecule has 0 aliphatic rings. The Morgan fingerprint density at radius 2 is 2.00 bits per heavy atom. The maximum atomic E-state index is 13.4. The molecule has 3 N–H and O–H groups in total. The van der Waals surface area contributed by atoms with Gasteiger partial charge in [-0.2, -0.15) is 0 Å². The Morgan fingerprint density at radius 1 is 1.35 bits per heavy atom. The van der Waals surface area contributed by atoms with Gasteiger partial charge < -0.3 is 10.8 Å². The summed E-state index contributed by atoms with van der Waals surface area (Å²) < 4.78 is 13.4. The summed E-state index contributed by atoms with van der Waals surface area (Å²) in [7, 11) is 0. The number of hydrogen-bond acceptors (Lipinski definition) is 2. The van der Waals surface area contributed by atoms with E-state index in [4.69, 9.17) is 10.8 Å². The SMILES string of the molecule is N[C@H](CCC(F)/C=C/c1ccccc1)C(=O)O. The molecule has 0 radical (unpaired) electrons. The summed E-state index contributed by atoms with van der Waals surface area (Å²) in [6.07, 6.45) is 2.19. The molecule has 1 rings (SSSR count). The molecule has 0 saturated carbocycles. The summed E-state index contributed by atoms with van der Waals surface area (Å²) in [5.41, 5.74) is 6.20. The third kappa shape index (κ3) is 5.26. The lowest BCUT2D eigenvalue weighted by Crippen LogP contribution is -2.30. The molecule has 2 atom stereocenters. The molecule has 0 fully saturated rings. The molecular weight excluding hydrogens is 221 g/mol. The van der Waals surface area contributed by atoms with Crippen LogP contribution in [0, 0.1) is 0 Å². The van der Waals surface area contributed by atoms with Crippen molar-refractivity contribution in [1.29, 1.82) is 0 Å². The number of carbonyl (C=O) groups is 1. The van der Waals surface area contributed by atoms with E-state index in [0.717, 1.165) is 5.56 Å². The van der Waals surface area contributed by atoms with Gasteiger partial charge in [0.25, 0.3) is 0 Å². The van der Waals surface area contributed by atoms with Gasteiger partial charge in [-0.3, -0.25) is 4.79 Å². The first-order valence-corrected chi connectivity index (χ1v) is 5.45. The minimum absolute atomic E-state index is 0.122. The normalized spacial score (nSPS) is 14.7. The molecule has 0 heterocycles. The maximum Gasteiger partial charge on any atom is 0.320 e. The fourth-order valence-electron chi connectivity index (χ4n) is 1.34. The van der Waals surface area contributed by atoms with Crippen LogP contribution in [0.5, 0.6) is 0 Å². The van der Waals surface area contributed by atoms with Crippen molar-refractivity contribution >= 4 is 12.0 Å². The zero-order valence-electron chi connectivity index (χ0n) is 9.42. The van der Waals surface area contributed by atoms with Gasteiger partial charge in [0.2, 0.25) is 0 Å². The minimum Gasteiger partial charge on any atom is -0.480 e. The average molecular weight is 237 g/mol. The highest BCUT2D eigenvalue weighted by atomic mass is 19.1. The number of nitrogens with two attached hydrogens (primary N) is 1. The Labute approximate surface area is 99.8 Å². The Kier molecular flexibility index (Phi) is 5.36. The molecule has 1 aromatic rings. The molecule has 0 spiro atoms. The molecule has 0 amide bonds. The Bertz CT molecular complexity index is 378. The fraction of sp³-hybridized carbons (Fsp3) is 0.308. The van der Waals surface area contributed by atoms with E-state index in [1.165, 1.54) is 6.08 Å². The summed E-state index contributed by atoms with van der Waals surface area (Å²) in [6, 6.07) is 8.37. The van der Waals surface area contributed by atoms with Gasteiger partial charge in [-0.1, -0.05) is 42.5 Å². The number of allylic oxidation sites excluding steroid dienone is 1. The van der Waals surface area contributed by atoms with E-state index in [0.29, 0.717) is 0 Å². The zero-order chi connectivity index (χ0) is 12.7. The maximum absolute atomic E-state index is 13.4. The number of rotatable bonds is 6. The number of carboxylic acids is 1. The number of benzene rings is 1. The summed E-state index contributed by atoms with van der Waals surface area (Å²) >= 11 is 0. The van der Waals surface area contributed by atoms with E-state index in [-0.39, 0.29) is 12.8 Å². The average Bonchev–Trinajstić information content (AvgIpc) is 2.34. The predicted molar refractivity (Wildman–Crippen MR) is 65.2 cm³/mol. The molecule has 0 bridgehead atoms. The second-order valence-corrected chi connectivity index (χ2v) is 3.81. The van der Waals surface area contributed by atoms with Crippen molar-refractivity contribution in [3.8, 4) is 0 Å². The Balaban J connectivity index is 2.37. The minimum atomic E-state index is -1.17. The lowest BCUT2D eigenvalue weighted by molar-refractivity contribution is -0.138. The van der Waals surface area contributed by atoms with Crippen LogP contribution in [0.2, 0.25) is 0 Å². The molecular formula is C13H16FNO2. The Morgan fingerprint density at radius 3 is 2.59 bits per heavy atom. The van der Waals surface area contributed by atoms with Crippen LogP contribution in [0.3, 0.4) is 0 Å². The van der Waals surface area contributed by atoms with Crippen LogP contribution in [0.4, 0.5) is 4.39 Å². The van der Waals surface area contributed by atoms with Crippen LogP contribution in [-0.4, -0.2) is 23.3 Å². The third-order valence-corrected chi connectivity index (χ3v) is 2.37. The van der Waals surface area contributed by atoms with E-state index in [1.807, 2.05) is 30.3 Å². The first-order chi connectivity index (χ1) is 8.09. The van der Waals surface area contributed by atoms with Crippen molar-refractivity contribution in [1.82, 2.24) is 0 Å². The number of carboxylic acid groups (broad SMARTS) is 1.